The fraction of sp³-hybridized carbons (Fsp3) is 0.154. The number of hydrogen-bond donors (Lipinski definition) is 1. The van der Waals surface area contributed by atoms with Gasteiger partial charge in [-0.2, -0.15) is 0 Å². The SMILES string of the molecule is COC(=O)C(Cc1c[nH]c2cccc(OC)c12)N=C(c1ccccc1)c1ccccc1. The first-order valence-electron chi connectivity index (χ1n) is 10.1. The van der Waals surface area contributed by atoms with Crippen molar-refractivity contribution in [1.29, 1.82) is 0 Å². The lowest BCUT2D eigenvalue weighted by Crippen LogP contribution is -2.25. The second-order valence-electron chi connectivity index (χ2n) is 7.15. The Bertz CT molecular complexity index is 1160. The number of carbonyl (C=O) groups excluding carboxylic acids is 1. The summed E-state index contributed by atoms with van der Waals surface area (Å²) in [5, 5.41) is 0.954. The third kappa shape index (κ3) is 4.36. The van der Waals surface area contributed by atoms with Gasteiger partial charge in [-0.25, -0.2) is 4.79 Å². The van der Waals surface area contributed by atoms with Crippen LogP contribution in [0.4, 0.5) is 0 Å². The molecule has 5 nitrogen and oxygen atoms in total. The van der Waals surface area contributed by atoms with Crippen LogP contribution in [0.15, 0.2) is 90.1 Å². The van der Waals surface area contributed by atoms with Gasteiger partial charge in [-0.3, -0.25) is 4.99 Å². The fourth-order valence-electron chi connectivity index (χ4n) is 3.74. The molecule has 156 valence electrons. The van der Waals surface area contributed by atoms with E-state index in [1.165, 1.54) is 7.11 Å². The monoisotopic (exact) mass is 412 g/mol. The van der Waals surface area contributed by atoms with Gasteiger partial charge in [0.25, 0.3) is 0 Å². The smallest absolute Gasteiger partial charge is 0.330 e. The zero-order valence-electron chi connectivity index (χ0n) is 17.5. The van der Waals surface area contributed by atoms with Crippen LogP contribution in [0.25, 0.3) is 10.9 Å². The highest BCUT2D eigenvalue weighted by atomic mass is 16.5. The lowest BCUT2D eigenvalue weighted by atomic mass is 10.0. The standard InChI is InChI=1S/C26H24N2O3/c1-30-23-15-9-14-21-24(23)20(17-27-21)16-22(26(29)31-2)28-25(18-10-5-3-6-11-18)19-12-7-4-8-13-19/h3-15,17,22,27H,16H2,1-2H3. The van der Waals surface area contributed by atoms with Crippen LogP contribution >= 0.6 is 0 Å². The topological polar surface area (TPSA) is 63.7 Å². The van der Waals surface area contributed by atoms with Crippen LogP contribution in [0, 0.1) is 0 Å². The first-order valence-corrected chi connectivity index (χ1v) is 10.1. The molecule has 3 aromatic carbocycles. The van der Waals surface area contributed by atoms with E-state index in [9.17, 15) is 4.79 Å². The van der Waals surface area contributed by atoms with Crippen LogP contribution in [-0.4, -0.2) is 36.9 Å². The van der Waals surface area contributed by atoms with E-state index in [0.717, 1.165) is 39.1 Å². The van der Waals surface area contributed by atoms with Crippen molar-refractivity contribution in [3.63, 3.8) is 0 Å². The Labute approximate surface area is 181 Å². The summed E-state index contributed by atoms with van der Waals surface area (Å²) in [4.78, 5) is 20.9. The van der Waals surface area contributed by atoms with Gasteiger partial charge in [0, 0.05) is 34.6 Å². The molecule has 1 atom stereocenters. The van der Waals surface area contributed by atoms with Crippen molar-refractivity contribution >= 4 is 22.6 Å². The second-order valence-corrected chi connectivity index (χ2v) is 7.15. The second kappa shape index (κ2) is 9.30. The molecule has 0 amide bonds. The number of nitrogens with one attached hydrogen (secondary N) is 1. The molecule has 0 aliphatic heterocycles. The van der Waals surface area contributed by atoms with Gasteiger partial charge in [-0.1, -0.05) is 66.7 Å². The highest BCUT2D eigenvalue weighted by Gasteiger charge is 2.23. The average molecular weight is 412 g/mol. The molecule has 0 aliphatic carbocycles. The predicted molar refractivity (Wildman–Crippen MR) is 123 cm³/mol. The average Bonchev–Trinajstić information content (AvgIpc) is 3.25. The van der Waals surface area contributed by atoms with E-state index in [-0.39, 0.29) is 5.97 Å². The van der Waals surface area contributed by atoms with E-state index >= 15 is 0 Å². The van der Waals surface area contributed by atoms with Crippen LogP contribution in [0.1, 0.15) is 16.7 Å². The molecule has 0 saturated carbocycles. The molecule has 0 bridgehead atoms. The van der Waals surface area contributed by atoms with Gasteiger partial charge in [0.05, 0.1) is 19.9 Å². The quantitative estimate of drug-likeness (QED) is 0.350. The number of benzene rings is 3. The maximum Gasteiger partial charge on any atom is 0.330 e. The highest BCUT2D eigenvalue weighted by molar-refractivity contribution is 6.13. The molecular weight excluding hydrogens is 388 g/mol. The molecule has 1 aromatic heterocycles. The van der Waals surface area contributed by atoms with E-state index in [0.29, 0.717) is 6.42 Å². The molecule has 31 heavy (non-hydrogen) atoms. The molecule has 0 radical (unpaired) electrons. The number of methoxy groups -OCH3 is 2. The largest absolute Gasteiger partial charge is 0.496 e. The maximum absolute atomic E-state index is 12.8. The van der Waals surface area contributed by atoms with E-state index in [1.807, 2.05) is 85.1 Å². The number of fused-ring (bicyclic) bond motifs is 1. The number of carbonyl (C=O) groups is 1. The number of aliphatic imine (C=N–C) groups is 1. The Morgan fingerprint density at radius 2 is 1.55 bits per heavy atom. The number of nitrogens with zero attached hydrogens (tertiary/aromatic N) is 1. The zero-order valence-corrected chi connectivity index (χ0v) is 17.5. The molecule has 1 heterocycles. The van der Waals surface area contributed by atoms with Crippen molar-refractivity contribution < 1.29 is 14.3 Å². The molecule has 0 aliphatic rings. The Morgan fingerprint density at radius 3 is 2.13 bits per heavy atom. The summed E-state index contributed by atoms with van der Waals surface area (Å²) in [6, 6.07) is 24.9. The van der Waals surface area contributed by atoms with Gasteiger partial charge in [-0.05, 0) is 17.7 Å². The Hall–Kier alpha value is -3.86. The summed E-state index contributed by atoms with van der Waals surface area (Å²) in [6.45, 7) is 0. The summed E-state index contributed by atoms with van der Waals surface area (Å²) in [5.74, 6) is 0.376. The van der Waals surface area contributed by atoms with Crippen LogP contribution in [-0.2, 0) is 16.0 Å². The zero-order chi connectivity index (χ0) is 21.6. The number of aromatic nitrogens is 1. The van der Waals surface area contributed by atoms with Crippen molar-refractivity contribution in [2.45, 2.75) is 12.5 Å². The maximum atomic E-state index is 12.8. The van der Waals surface area contributed by atoms with Gasteiger partial charge in [0.2, 0.25) is 0 Å². The number of esters is 1. The molecule has 4 aromatic rings. The number of H-pyrrole nitrogens is 1. The number of ether oxygens (including phenoxy) is 2. The lowest BCUT2D eigenvalue weighted by molar-refractivity contribution is -0.142. The molecule has 0 saturated heterocycles. The molecule has 5 heteroatoms. The van der Waals surface area contributed by atoms with Crippen molar-refractivity contribution in [3.8, 4) is 5.75 Å². The Balaban J connectivity index is 1.80. The van der Waals surface area contributed by atoms with E-state index < -0.39 is 6.04 Å². The summed E-state index contributed by atoms with van der Waals surface area (Å²) >= 11 is 0. The first-order chi connectivity index (χ1) is 15.2. The Kier molecular flexibility index (Phi) is 6.13. The molecule has 0 spiro atoms. The first kappa shape index (κ1) is 20.4. The van der Waals surface area contributed by atoms with Crippen molar-refractivity contribution in [2.75, 3.05) is 14.2 Å². The number of rotatable bonds is 7. The van der Waals surface area contributed by atoms with Gasteiger partial charge >= 0.3 is 5.97 Å². The van der Waals surface area contributed by atoms with Crippen molar-refractivity contribution in [1.82, 2.24) is 4.98 Å². The summed E-state index contributed by atoms with van der Waals surface area (Å²) in [7, 11) is 3.04. The minimum absolute atomic E-state index is 0.381. The molecule has 0 fully saturated rings. The van der Waals surface area contributed by atoms with Gasteiger partial charge in [-0.15, -0.1) is 0 Å². The van der Waals surface area contributed by atoms with E-state index in [1.54, 1.807) is 7.11 Å². The van der Waals surface area contributed by atoms with Gasteiger partial charge < -0.3 is 14.5 Å². The number of hydrogen-bond acceptors (Lipinski definition) is 4. The van der Waals surface area contributed by atoms with Gasteiger partial charge in [0.15, 0.2) is 6.04 Å². The van der Waals surface area contributed by atoms with Crippen LogP contribution in [0.2, 0.25) is 0 Å². The highest BCUT2D eigenvalue weighted by Crippen LogP contribution is 2.30. The molecule has 1 N–H and O–H groups in total. The lowest BCUT2D eigenvalue weighted by Gasteiger charge is -2.15. The van der Waals surface area contributed by atoms with Crippen LogP contribution < -0.4 is 4.74 Å². The van der Waals surface area contributed by atoms with Crippen LogP contribution in [0.3, 0.4) is 0 Å². The molecule has 4 rings (SSSR count). The normalized spacial score (nSPS) is 11.7. The van der Waals surface area contributed by atoms with Crippen molar-refractivity contribution in [2.24, 2.45) is 4.99 Å². The fourth-order valence-corrected chi connectivity index (χ4v) is 3.74. The summed E-state index contributed by atoms with van der Waals surface area (Å²) in [5.41, 5.74) is 4.54. The summed E-state index contributed by atoms with van der Waals surface area (Å²) < 4.78 is 10.7. The van der Waals surface area contributed by atoms with Gasteiger partial charge in [0.1, 0.15) is 5.75 Å². The van der Waals surface area contributed by atoms with E-state index in [2.05, 4.69) is 4.98 Å². The van der Waals surface area contributed by atoms with Crippen LogP contribution in [0.5, 0.6) is 5.75 Å². The minimum atomic E-state index is -0.704. The minimum Gasteiger partial charge on any atom is -0.496 e. The van der Waals surface area contributed by atoms with E-state index in [4.69, 9.17) is 14.5 Å². The Morgan fingerprint density at radius 1 is 0.903 bits per heavy atom. The third-order valence-electron chi connectivity index (χ3n) is 5.24. The van der Waals surface area contributed by atoms with Crippen molar-refractivity contribution in [3.05, 3.63) is 102 Å². The number of aromatic amines is 1. The third-order valence-corrected chi connectivity index (χ3v) is 5.24. The molecule has 1 unspecified atom stereocenters. The molecular formula is C26H24N2O3. The summed E-state index contributed by atoms with van der Waals surface area (Å²) in [6.07, 6.45) is 2.29. The predicted octanol–water partition coefficient (Wildman–Crippen LogP) is 4.80.